The predicted octanol–water partition coefficient (Wildman–Crippen LogP) is 15.3. The largest absolute Gasteiger partial charge is 0.466 e. The number of rotatable bonds is 48. The zero-order valence-corrected chi connectivity index (χ0v) is 39.0. The molecule has 1 amide bonds. The van der Waals surface area contributed by atoms with E-state index >= 15 is 0 Å². The van der Waals surface area contributed by atoms with E-state index in [4.69, 9.17) is 4.74 Å². The molecule has 0 aromatic rings. The van der Waals surface area contributed by atoms with Gasteiger partial charge < -0.3 is 20.3 Å². The molecule has 344 valence electrons. The van der Waals surface area contributed by atoms with Crippen LogP contribution >= 0.6 is 0 Å². The summed E-state index contributed by atoms with van der Waals surface area (Å²) in [6.45, 7) is 4.88. The van der Waals surface area contributed by atoms with Crippen LogP contribution in [-0.2, 0) is 14.3 Å². The van der Waals surface area contributed by atoms with E-state index in [0.717, 1.165) is 38.5 Å². The molecular formula is C52H101NO5. The van der Waals surface area contributed by atoms with Gasteiger partial charge in [0.2, 0.25) is 5.91 Å². The second-order valence-electron chi connectivity index (χ2n) is 17.9. The van der Waals surface area contributed by atoms with Gasteiger partial charge >= 0.3 is 5.97 Å². The van der Waals surface area contributed by atoms with Crippen LogP contribution in [0, 0.1) is 0 Å². The minimum absolute atomic E-state index is 0.00703. The first-order valence-corrected chi connectivity index (χ1v) is 26.0. The number of nitrogens with one attached hydrogen (secondary N) is 1. The van der Waals surface area contributed by atoms with Gasteiger partial charge in [-0.25, -0.2) is 0 Å². The fourth-order valence-electron chi connectivity index (χ4n) is 8.05. The smallest absolute Gasteiger partial charge is 0.305 e. The van der Waals surface area contributed by atoms with Gasteiger partial charge in [-0.3, -0.25) is 9.59 Å². The van der Waals surface area contributed by atoms with Crippen LogP contribution in [0.25, 0.3) is 0 Å². The lowest BCUT2D eigenvalue weighted by molar-refractivity contribution is -0.143. The van der Waals surface area contributed by atoms with E-state index in [1.165, 1.54) is 218 Å². The Labute approximate surface area is 361 Å². The first-order chi connectivity index (χ1) is 28.5. The molecule has 0 aromatic carbocycles. The van der Waals surface area contributed by atoms with Crippen molar-refractivity contribution in [2.75, 3.05) is 13.2 Å². The fourth-order valence-corrected chi connectivity index (χ4v) is 8.05. The molecule has 0 saturated carbocycles. The number of esters is 1. The summed E-state index contributed by atoms with van der Waals surface area (Å²) in [5.74, 6) is -0.0656. The van der Waals surface area contributed by atoms with E-state index < -0.39 is 12.1 Å². The summed E-state index contributed by atoms with van der Waals surface area (Å²) in [5, 5.41) is 23.0. The molecule has 0 aromatic heterocycles. The van der Waals surface area contributed by atoms with Crippen molar-refractivity contribution in [1.82, 2.24) is 5.32 Å². The highest BCUT2D eigenvalue weighted by atomic mass is 16.5. The molecule has 0 aliphatic rings. The molecule has 0 radical (unpaired) electrons. The maximum atomic E-state index is 12.4. The van der Waals surface area contributed by atoms with Gasteiger partial charge in [0.05, 0.1) is 25.4 Å². The average molecular weight is 820 g/mol. The van der Waals surface area contributed by atoms with E-state index in [1.54, 1.807) is 6.08 Å². The molecule has 0 bridgehead atoms. The maximum Gasteiger partial charge on any atom is 0.305 e. The lowest BCUT2D eigenvalue weighted by Gasteiger charge is -2.20. The van der Waals surface area contributed by atoms with Crippen molar-refractivity contribution < 1.29 is 24.5 Å². The normalized spacial score (nSPS) is 12.7. The summed E-state index contributed by atoms with van der Waals surface area (Å²) >= 11 is 0. The average Bonchev–Trinajstić information content (AvgIpc) is 3.22. The highest BCUT2D eigenvalue weighted by molar-refractivity contribution is 5.76. The van der Waals surface area contributed by atoms with Crippen LogP contribution in [0.15, 0.2) is 12.2 Å². The van der Waals surface area contributed by atoms with Gasteiger partial charge in [0.25, 0.3) is 0 Å². The molecule has 0 spiro atoms. The van der Waals surface area contributed by atoms with Gasteiger partial charge in [0, 0.05) is 12.8 Å². The Balaban J connectivity index is 3.41. The molecule has 0 aliphatic carbocycles. The van der Waals surface area contributed by atoms with E-state index in [9.17, 15) is 19.8 Å². The second kappa shape index (κ2) is 48.3. The van der Waals surface area contributed by atoms with Crippen LogP contribution < -0.4 is 5.32 Å². The third-order valence-electron chi connectivity index (χ3n) is 12.1. The van der Waals surface area contributed by atoms with Gasteiger partial charge in [0.15, 0.2) is 0 Å². The number of hydrogen-bond acceptors (Lipinski definition) is 5. The first kappa shape index (κ1) is 56.6. The molecule has 0 rings (SSSR count). The third kappa shape index (κ3) is 44.2. The maximum absolute atomic E-state index is 12.4. The zero-order valence-electron chi connectivity index (χ0n) is 39.0. The van der Waals surface area contributed by atoms with Crippen molar-refractivity contribution in [2.45, 2.75) is 296 Å². The van der Waals surface area contributed by atoms with E-state index in [1.807, 2.05) is 6.08 Å². The number of allylic oxidation sites excluding steroid dienone is 1. The fraction of sp³-hybridized carbons (Fsp3) is 0.923. The number of hydrogen-bond donors (Lipinski definition) is 3. The molecule has 0 aliphatic heterocycles. The molecule has 58 heavy (non-hydrogen) atoms. The lowest BCUT2D eigenvalue weighted by atomic mass is 10.0. The van der Waals surface area contributed by atoms with E-state index in [2.05, 4.69) is 19.2 Å². The van der Waals surface area contributed by atoms with E-state index in [-0.39, 0.29) is 18.5 Å². The summed E-state index contributed by atoms with van der Waals surface area (Å²) in [6, 6.07) is -0.628. The summed E-state index contributed by atoms with van der Waals surface area (Å²) in [6.07, 6.45) is 55.0. The van der Waals surface area contributed by atoms with Crippen molar-refractivity contribution in [3.63, 3.8) is 0 Å². The van der Waals surface area contributed by atoms with E-state index in [0.29, 0.717) is 19.4 Å². The van der Waals surface area contributed by atoms with Crippen LogP contribution in [0.4, 0.5) is 0 Å². The molecule has 2 atom stereocenters. The number of carbonyl (C=O) groups is 2. The van der Waals surface area contributed by atoms with Gasteiger partial charge in [-0.1, -0.05) is 251 Å². The minimum Gasteiger partial charge on any atom is -0.466 e. The number of aliphatic hydroxyl groups excluding tert-OH is 2. The lowest BCUT2D eigenvalue weighted by Crippen LogP contribution is -2.45. The Bertz CT molecular complexity index is 863. The van der Waals surface area contributed by atoms with Crippen LogP contribution in [0.2, 0.25) is 0 Å². The van der Waals surface area contributed by atoms with Crippen LogP contribution in [-0.4, -0.2) is 47.4 Å². The Hall–Kier alpha value is -1.40. The standard InChI is InChI=1S/C52H101NO5/c1-3-5-7-9-11-13-15-26-30-34-38-42-46-52(57)58-47-43-39-35-31-27-23-21-19-17-16-18-20-22-25-29-33-37-41-45-51(56)53-49(48-54)50(55)44-40-36-32-28-24-14-12-10-8-6-4-2/h40,44,49-50,54-55H,3-39,41-43,45-48H2,1-2H3,(H,53,56)/b44-40+. The first-order valence-electron chi connectivity index (χ1n) is 26.0. The molecule has 6 nitrogen and oxygen atoms in total. The van der Waals surface area contributed by atoms with Crippen LogP contribution in [0.1, 0.15) is 284 Å². The van der Waals surface area contributed by atoms with Gasteiger partial charge in [-0.2, -0.15) is 0 Å². The monoisotopic (exact) mass is 820 g/mol. The minimum atomic E-state index is -0.844. The SMILES string of the molecule is CCCCCCCCCCC/C=C/C(O)C(CO)NC(=O)CCCCCCCCCCCCCCCCCCCCOC(=O)CCCCCCCCCCCCCC. The molecule has 2 unspecified atom stereocenters. The van der Waals surface area contributed by atoms with Crippen molar-refractivity contribution in [3.05, 3.63) is 12.2 Å². The second-order valence-corrected chi connectivity index (χ2v) is 17.9. The highest BCUT2D eigenvalue weighted by Crippen LogP contribution is 2.16. The number of amides is 1. The molecule has 0 saturated heterocycles. The summed E-state index contributed by atoms with van der Waals surface area (Å²) in [7, 11) is 0. The highest BCUT2D eigenvalue weighted by Gasteiger charge is 2.18. The Morgan fingerprint density at radius 2 is 0.793 bits per heavy atom. The van der Waals surface area contributed by atoms with Crippen LogP contribution in [0.3, 0.4) is 0 Å². The van der Waals surface area contributed by atoms with Crippen molar-refractivity contribution in [2.24, 2.45) is 0 Å². The molecule has 6 heteroatoms. The zero-order chi connectivity index (χ0) is 42.3. The van der Waals surface area contributed by atoms with Crippen molar-refractivity contribution >= 4 is 11.9 Å². The van der Waals surface area contributed by atoms with Crippen molar-refractivity contribution in [1.29, 1.82) is 0 Å². The Morgan fingerprint density at radius 3 is 1.17 bits per heavy atom. The number of carbonyl (C=O) groups excluding carboxylic acids is 2. The molecular weight excluding hydrogens is 719 g/mol. The summed E-state index contributed by atoms with van der Waals surface area (Å²) in [5.41, 5.74) is 0. The summed E-state index contributed by atoms with van der Waals surface area (Å²) < 4.78 is 5.46. The van der Waals surface area contributed by atoms with Crippen molar-refractivity contribution in [3.8, 4) is 0 Å². The number of aliphatic hydroxyl groups is 2. The van der Waals surface area contributed by atoms with Gasteiger partial charge in [-0.05, 0) is 32.1 Å². The summed E-state index contributed by atoms with van der Waals surface area (Å²) in [4.78, 5) is 24.4. The topological polar surface area (TPSA) is 95.9 Å². The van der Waals surface area contributed by atoms with Gasteiger partial charge in [-0.15, -0.1) is 0 Å². The van der Waals surface area contributed by atoms with Crippen LogP contribution in [0.5, 0.6) is 0 Å². The quantitative estimate of drug-likeness (QED) is 0.0323. The molecule has 0 heterocycles. The number of unbranched alkanes of at least 4 members (excludes halogenated alkanes) is 37. The Morgan fingerprint density at radius 1 is 0.466 bits per heavy atom. The van der Waals surface area contributed by atoms with Gasteiger partial charge in [0.1, 0.15) is 0 Å². The Kier molecular flexibility index (Phi) is 47.1. The molecule has 3 N–H and O–H groups in total. The predicted molar refractivity (Wildman–Crippen MR) is 250 cm³/mol. The molecule has 0 fully saturated rings. The number of ether oxygens (including phenoxy) is 1. The third-order valence-corrected chi connectivity index (χ3v) is 12.1.